The molecule has 0 amide bonds. The third-order valence-electron chi connectivity index (χ3n) is 5.10. The van der Waals surface area contributed by atoms with Gasteiger partial charge in [0.1, 0.15) is 5.69 Å². The third kappa shape index (κ3) is 5.09. The predicted molar refractivity (Wildman–Crippen MR) is 106 cm³/mol. The van der Waals surface area contributed by atoms with Gasteiger partial charge in [-0.2, -0.15) is 32.5 Å². The molecule has 0 atom stereocenters. The van der Waals surface area contributed by atoms with E-state index >= 15 is 0 Å². The molecule has 0 aliphatic heterocycles. The number of pyridine rings is 2. The molecular formula is C22H15F6N5Pt. The molecule has 0 bridgehead atoms. The molecule has 4 aromatic heterocycles. The number of halogens is 6. The van der Waals surface area contributed by atoms with Crippen LogP contribution in [0.2, 0.25) is 0 Å². The summed E-state index contributed by atoms with van der Waals surface area (Å²) < 4.78 is 77.3. The summed E-state index contributed by atoms with van der Waals surface area (Å²) in [7, 11) is 0. The van der Waals surface area contributed by atoms with Gasteiger partial charge in [0.2, 0.25) is 0 Å². The van der Waals surface area contributed by atoms with Crippen molar-refractivity contribution in [2.75, 3.05) is 0 Å². The average Bonchev–Trinajstić information content (AvgIpc) is 3.44. The fourth-order valence-corrected chi connectivity index (χ4v) is 3.20. The maximum absolute atomic E-state index is 12.9. The molecule has 4 rings (SSSR count). The van der Waals surface area contributed by atoms with Crippen molar-refractivity contribution in [1.82, 2.24) is 25.1 Å². The summed E-state index contributed by atoms with van der Waals surface area (Å²) in [6, 6.07) is 11.4. The van der Waals surface area contributed by atoms with Gasteiger partial charge in [-0.05, 0) is 44.2 Å². The van der Waals surface area contributed by atoms with Crippen LogP contribution in [-0.2, 0) is 38.8 Å². The van der Waals surface area contributed by atoms with Crippen LogP contribution >= 0.6 is 0 Å². The van der Waals surface area contributed by atoms with Gasteiger partial charge in [-0.1, -0.05) is 23.9 Å². The topological polar surface area (TPSA) is 66.9 Å². The number of hydrogen-bond acceptors (Lipinski definition) is 3. The normalized spacial score (nSPS) is 12.5. The molecule has 5 nitrogen and oxygen atoms in total. The predicted octanol–water partition coefficient (Wildman–Crippen LogP) is 5.48. The monoisotopic (exact) mass is 658 g/mol. The molecule has 0 N–H and O–H groups in total. The molecule has 12 heteroatoms. The van der Waals surface area contributed by atoms with E-state index in [9.17, 15) is 26.3 Å². The van der Waals surface area contributed by atoms with E-state index in [2.05, 4.69) is 25.1 Å². The molecule has 0 aromatic carbocycles. The second-order valence-corrected chi connectivity index (χ2v) is 7.79. The Hall–Kier alpha value is -2.94. The number of rotatable bonds is 4. The minimum Gasteiger partial charge on any atom is -0.662 e. The Morgan fingerprint density at radius 1 is 0.706 bits per heavy atom. The van der Waals surface area contributed by atoms with Crippen molar-refractivity contribution in [3.05, 3.63) is 77.4 Å². The van der Waals surface area contributed by atoms with E-state index in [1.807, 2.05) is 0 Å². The molecule has 0 aliphatic carbocycles. The van der Waals surface area contributed by atoms with Gasteiger partial charge in [-0.3, -0.25) is 9.97 Å². The van der Waals surface area contributed by atoms with Gasteiger partial charge in [0.25, 0.3) is 0 Å². The molecule has 0 unspecified atom stereocenters. The zero-order valence-electron chi connectivity index (χ0n) is 17.5. The minimum atomic E-state index is -4.62. The van der Waals surface area contributed by atoms with E-state index in [1.165, 1.54) is 6.07 Å². The van der Waals surface area contributed by atoms with Gasteiger partial charge in [0.05, 0.1) is 11.4 Å². The van der Waals surface area contributed by atoms with Crippen LogP contribution in [0.1, 0.15) is 36.5 Å². The average molecular weight is 658 g/mol. The number of hydrogen-bond donors (Lipinski definition) is 0. The van der Waals surface area contributed by atoms with E-state index in [4.69, 9.17) is 0 Å². The maximum atomic E-state index is 12.9. The Bertz CT molecular complexity index is 1190. The maximum Gasteiger partial charge on any atom is 2.00 e. The van der Waals surface area contributed by atoms with Crippen molar-refractivity contribution in [2.45, 2.75) is 31.6 Å². The number of nitrogens with zero attached hydrogens (tertiary/aromatic N) is 5. The van der Waals surface area contributed by atoms with Gasteiger partial charge in [0, 0.05) is 22.4 Å². The van der Waals surface area contributed by atoms with Gasteiger partial charge in [0.15, 0.2) is 0 Å². The molecule has 180 valence electrons. The zero-order chi connectivity index (χ0) is 24.0. The van der Waals surface area contributed by atoms with Crippen molar-refractivity contribution in [1.29, 1.82) is 0 Å². The number of alkyl halides is 6. The quantitative estimate of drug-likeness (QED) is 0.272. The first kappa shape index (κ1) is 25.7. The molecule has 4 heterocycles. The first-order valence-corrected chi connectivity index (χ1v) is 9.59. The van der Waals surface area contributed by atoms with E-state index in [1.54, 1.807) is 44.2 Å². The summed E-state index contributed by atoms with van der Waals surface area (Å²) in [5.41, 5.74) is -1.34. The Labute approximate surface area is 204 Å². The molecule has 4 aromatic rings. The summed E-state index contributed by atoms with van der Waals surface area (Å²) in [5, 5.41) is 6.74. The van der Waals surface area contributed by atoms with Crippen molar-refractivity contribution < 1.29 is 47.4 Å². The van der Waals surface area contributed by atoms with E-state index in [0.717, 1.165) is 18.3 Å². The largest absolute Gasteiger partial charge is 2.00 e. The Morgan fingerprint density at radius 2 is 1.26 bits per heavy atom. The van der Waals surface area contributed by atoms with Crippen LogP contribution in [0.15, 0.2) is 54.7 Å². The molecule has 0 radical (unpaired) electrons. The van der Waals surface area contributed by atoms with Crippen molar-refractivity contribution in [3.8, 4) is 22.8 Å². The van der Waals surface area contributed by atoms with Crippen LogP contribution in [0, 0.1) is 0 Å². The molecule has 0 aliphatic rings. The van der Waals surface area contributed by atoms with Crippen LogP contribution in [0.3, 0.4) is 0 Å². The molecule has 34 heavy (non-hydrogen) atoms. The smallest absolute Gasteiger partial charge is 0.662 e. The van der Waals surface area contributed by atoms with Gasteiger partial charge < -0.3 is 15.2 Å². The summed E-state index contributed by atoms with van der Waals surface area (Å²) in [4.78, 5) is 12.7. The van der Waals surface area contributed by atoms with Crippen molar-refractivity contribution in [2.24, 2.45) is 0 Å². The summed E-state index contributed by atoms with van der Waals surface area (Å²) in [6.45, 7) is 3.59. The van der Waals surface area contributed by atoms with Gasteiger partial charge in [-0.25, -0.2) is 0 Å². The molecule has 0 spiro atoms. The van der Waals surface area contributed by atoms with E-state index < -0.39 is 29.0 Å². The van der Waals surface area contributed by atoms with E-state index in [-0.39, 0.29) is 43.8 Å². The first-order valence-electron chi connectivity index (χ1n) is 9.59. The Balaban J connectivity index is 0.00000324. The van der Waals surface area contributed by atoms with Gasteiger partial charge >= 0.3 is 33.4 Å². The van der Waals surface area contributed by atoms with Crippen molar-refractivity contribution >= 4 is 0 Å². The minimum absolute atomic E-state index is 0. The second-order valence-electron chi connectivity index (χ2n) is 7.79. The van der Waals surface area contributed by atoms with Crippen LogP contribution in [0.4, 0.5) is 26.3 Å². The Kier molecular flexibility index (Phi) is 6.81. The zero-order valence-corrected chi connectivity index (χ0v) is 19.8. The third-order valence-corrected chi connectivity index (χ3v) is 5.10. The van der Waals surface area contributed by atoms with Crippen molar-refractivity contribution in [3.63, 3.8) is 0 Å². The van der Waals surface area contributed by atoms with Crippen LogP contribution < -0.4 is 10.1 Å². The Morgan fingerprint density at radius 3 is 1.74 bits per heavy atom. The number of aromatic nitrogens is 5. The standard InChI is InChI=1S/C22H15F6N5.Pt/c1-20(2,17-7-3-5-13(30-17)15-9-12(11-29-15)21(23,24)25)18-8-4-6-14(31-18)16-10-19(33-32-16)22(26,27)28;/h3-11H,1-2H3;/q-2;+2. The molecule has 0 fully saturated rings. The fourth-order valence-electron chi connectivity index (χ4n) is 3.20. The summed E-state index contributed by atoms with van der Waals surface area (Å²) in [6.07, 6.45) is -8.38. The molecular weight excluding hydrogens is 643 g/mol. The summed E-state index contributed by atoms with van der Waals surface area (Å²) >= 11 is 0. The van der Waals surface area contributed by atoms with Crippen LogP contribution in [0.5, 0.6) is 0 Å². The fraction of sp³-hybridized carbons (Fsp3) is 0.227. The second kappa shape index (κ2) is 9.02. The molecule has 0 saturated carbocycles. The molecule has 0 saturated heterocycles. The van der Waals surface area contributed by atoms with E-state index in [0.29, 0.717) is 11.4 Å². The van der Waals surface area contributed by atoms with Gasteiger partial charge in [-0.15, -0.1) is 5.69 Å². The first-order chi connectivity index (χ1) is 15.4. The SMILES string of the molecule is CC(C)(c1cccc(-c2cc(C(F)(F)F)c[n-]2)n1)c1cccc(-c2cc(C(F)(F)F)n[n-]2)n1.[Pt+2]. The van der Waals surface area contributed by atoms with Crippen LogP contribution in [-0.4, -0.2) is 15.1 Å². The van der Waals surface area contributed by atoms with Crippen LogP contribution in [0.25, 0.3) is 22.8 Å². The summed E-state index contributed by atoms with van der Waals surface area (Å²) in [5.74, 6) is 0.